The Morgan fingerprint density at radius 1 is 1.05 bits per heavy atom. The van der Waals surface area contributed by atoms with Crippen LogP contribution in [0.4, 0.5) is 0 Å². The summed E-state index contributed by atoms with van der Waals surface area (Å²) < 4.78 is 0. The van der Waals surface area contributed by atoms with Gasteiger partial charge in [0, 0.05) is 4.90 Å². The molecule has 0 spiro atoms. The Morgan fingerprint density at radius 3 is 2.24 bits per heavy atom. The maximum atomic E-state index is 3.86. The first-order valence-electron chi connectivity index (χ1n) is 7.37. The summed E-state index contributed by atoms with van der Waals surface area (Å²) >= 11 is 5.66. The van der Waals surface area contributed by atoms with Gasteiger partial charge in [-0.05, 0) is 40.8 Å². The third kappa shape index (κ3) is 3.73. The van der Waals surface area contributed by atoms with Gasteiger partial charge in [-0.15, -0.1) is 11.8 Å². The molecular formula is C19H23BrS. The van der Waals surface area contributed by atoms with E-state index >= 15 is 0 Å². The second kappa shape index (κ2) is 7.02. The molecule has 0 aliphatic rings. The molecule has 0 fully saturated rings. The highest BCUT2D eigenvalue weighted by Crippen LogP contribution is 2.37. The van der Waals surface area contributed by atoms with Gasteiger partial charge in [0.05, 0.1) is 4.83 Å². The van der Waals surface area contributed by atoms with Gasteiger partial charge in [0.2, 0.25) is 0 Å². The predicted molar refractivity (Wildman–Crippen MR) is 98.8 cm³/mol. The summed E-state index contributed by atoms with van der Waals surface area (Å²) in [4.78, 5) is 1.58. The highest BCUT2D eigenvalue weighted by Gasteiger charge is 2.19. The number of alkyl halides is 1. The Bertz CT molecular complexity index is 587. The molecule has 0 aromatic heterocycles. The average molecular weight is 363 g/mol. The number of benzene rings is 2. The first-order valence-corrected chi connectivity index (χ1v) is 9.51. The molecule has 1 unspecified atom stereocenters. The monoisotopic (exact) mass is 362 g/mol. The minimum atomic E-state index is 0.248. The molecule has 0 N–H and O–H groups in total. The van der Waals surface area contributed by atoms with Crippen molar-refractivity contribution in [2.75, 3.05) is 6.26 Å². The van der Waals surface area contributed by atoms with Gasteiger partial charge in [0.15, 0.2) is 0 Å². The van der Waals surface area contributed by atoms with E-state index in [9.17, 15) is 0 Å². The zero-order chi connectivity index (χ0) is 15.5. The molecule has 0 saturated carbocycles. The summed E-state index contributed by atoms with van der Waals surface area (Å²) in [6.07, 6.45) is 3.28. The van der Waals surface area contributed by atoms with Crippen LogP contribution in [0.25, 0.3) is 0 Å². The van der Waals surface area contributed by atoms with Crippen LogP contribution in [-0.4, -0.2) is 6.26 Å². The SMILES string of the molecule is CCC(C)(C)c1ccc(C(Br)c2ccccc2SC)cc1. The molecular weight excluding hydrogens is 340 g/mol. The van der Waals surface area contributed by atoms with Crippen LogP contribution >= 0.6 is 27.7 Å². The smallest absolute Gasteiger partial charge is 0.0655 e. The van der Waals surface area contributed by atoms with Crippen LogP contribution in [0.3, 0.4) is 0 Å². The molecule has 2 rings (SSSR count). The lowest BCUT2D eigenvalue weighted by atomic mass is 9.82. The molecule has 0 nitrogen and oxygen atoms in total. The summed E-state index contributed by atoms with van der Waals surface area (Å²) in [5.41, 5.74) is 4.31. The fourth-order valence-corrected chi connectivity index (χ4v) is 3.85. The minimum absolute atomic E-state index is 0.248. The number of thioether (sulfide) groups is 1. The number of hydrogen-bond acceptors (Lipinski definition) is 1. The summed E-state index contributed by atoms with van der Waals surface area (Å²) in [5, 5.41) is 0. The van der Waals surface area contributed by atoms with Crippen LogP contribution in [0, 0.1) is 0 Å². The normalized spacial score (nSPS) is 13.2. The summed E-state index contributed by atoms with van der Waals surface area (Å²) in [7, 11) is 0. The fraction of sp³-hybridized carbons (Fsp3) is 0.368. The predicted octanol–water partition coefficient (Wildman–Crippen LogP) is 6.58. The molecule has 2 aromatic carbocycles. The van der Waals surface area contributed by atoms with Crippen LogP contribution in [0.2, 0.25) is 0 Å². The maximum absolute atomic E-state index is 3.86. The van der Waals surface area contributed by atoms with Gasteiger partial charge < -0.3 is 0 Å². The van der Waals surface area contributed by atoms with Crippen molar-refractivity contribution in [3.63, 3.8) is 0 Å². The molecule has 0 aliphatic heterocycles. The van der Waals surface area contributed by atoms with Gasteiger partial charge in [-0.1, -0.05) is 79.2 Å². The molecule has 0 heterocycles. The van der Waals surface area contributed by atoms with Gasteiger partial charge in [0.1, 0.15) is 0 Å². The molecule has 2 aromatic rings. The Morgan fingerprint density at radius 2 is 1.67 bits per heavy atom. The van der Waals surface area contributed by atoms with Crippen molar-refractivity contribution >= 4 is 27.7 Å². The highest BCUT2D eigenvalue weighted by molar-refractivity contribution is 9.09. The van der Waals surface area contributed by atoms with Crippen molar-refractivity contribution in [1.82, 2.24) is 0 Å². The lowest BCUT2D eigenvalue weighted by Gasteiger charge is -2.24. The van der Waals surface area contributed by atoms with Crippen molar-refractivity contribution in [3.05, 3.63) is 65.2 Å². The van der Waals surface area contributed by atoms with E-state index in [1.807, 2.05) is 0 Å². The van der Waals surface area contributed by atoms with E-state index in [0.29, 0.717) is 0 Å². The van der Waals surface area contributed by atoms with Gasteiger partial charge in [-0.3, -0.25) is 0 Å². The van der Waals surface area contributed by atoms with Crippen molar-refractivity contribution < 1.29 is 0 Å². The van der Waals surface area contributed by atoms with Crippen molar-refractivity contribution in [1.29, 1.82) is 0 Å². The Balaban J connectivity index is 2.30. The molecule has 112 valence electrons. The third-order valence-corrected chi connectivity index (χ3v) is 6.11. The van der Waals surface area contributed by atoms with E-state index in [2.05, 4.69) is 91.5 Å². The lowest BCUT2D eigenvalue weighted by molar-refractivity contribution is 0.506. The number of rotatable bonds is 5. The number of hydrogen-bond donors (Lipinski definition) is 0. The molecule has 0 bridgehead atoms. The van der Waals surface area contributed by atoms with E-state index in [1.165, 1.54) is 21.6 Å². The summed E-state index contributed by atoms with van der Waals surface area (Å²) in [6.45, 7) is 6.85. The van der Waals surface area contributed by atoms with Crippen LogP contribution in [-0.2, 0) is 5.41 Å². The lowest BCUT2D eigenvalue weighted by Crippen LogP contribution is -2.15. The van der Waals surface area contributed by atoms with Crippen LogP contribution in [0.1, 0.15) is 48.7 Å². The Kier molecular flexibility index (Phi) is 5.56. The number of halogens is 1. The van der Waals surface area contributed by atoms with E-state index in [-0.39, 0.29) is 10.2 Å². The largest absolute Gasteiger partial charge is 0.129 e. The van der Waals surface area contributed by atoms with E-state index in [1.54, 1.807) is 11.8 Å². The second-order valence-electron chi connectivity index (χ2n) is 5.96. The average Bonchev–Trinajstić information content (AvgIpc) is 2.54. The van der Waals surface area contributed by atoms with Gasteiger partial charge >= 0.3 is 0 Å². The van der Waals surface area contributed by atoms with E-state index < -0.39 is 0 Å². The van der Waals surface area contributed by atoms with Gasteiger partial charge in [0.25, 0.3) is 0 Å². The topological polar surface area (TPSA) is 0 Å². The van der Waals surface area contributed by atoms with Crippen molar-refractivity contribution in [2.45, 2.75) is 42.3 Å². The summed E-state index contributed by atoms with van der Waals surface area (Å²) in [5.74, 6) is 0. The molecule has 0 radical (unpaired) electrons. The van der Waals surface area contributed by atoms with Gasteiger partial charge in [-0.25, -0.2) is 0 Å². The highest BCUT2D eigenvalue weighted by atomic mass is 79.9. The molecule has 0 aliphatic carbocycles. The standard InChI is InChI=1S/C19H23BrS/c1-5-19(2,3)15-12-10-14(11-13-15)18(20)16-8-6-7-9-17(16)21-4/h6-13,18H,5H2,1-4H3. The molecule has 0 saturated heterocycles. The quantitative estimate of drug-likeness (QED) is 0.427. The minimum Gasteiger partial charge on any atom is -0.129 e. The molecule has 0 amide bonds. The van der Waals surface area contributed by atoms with Crippen LogP contribution in [0.5, 0.6) is 0 Å². The third-order valence-electron chi connectivity index (χ3n) is 4.28. The van der Waals surface area contributed by atoms with Crippen molar-refractivity contribution in [3.8, 4) is 0 Å². The second-order valence-corrected chi connectivity index (χ2v) is 7.73. The first-order chi connectivity index (χ1) is 9.99. The van der Waals surface area contributed by atoms with Crippen molar-refractivity contribution in [2.24, 2.45) is 0 Å². The fourth-order valence-electron chi connectivity index (χ4n) is 2.36. The Labute approximate surface area is 141 Å². The molecule has 2 heteroatoms. The van der Waals surface area contributed by atoms with Crippen LogP contribution in [0.15, 0.2) is 53.4 Å². The van der Waals surface area contributed by atoms with Crippen LogP contribution < -0.4 is 0 Å². The maximum Gasteiger partial charge on any atom is 0.0655 e. The Hall–Kier alpha value is -0.730. The molecule has 21 heavy (non-hydrogen) atoms. The summed E-state index contributed by atoms with van der Waals surface area (Å²) in [6, 6.07) is 17.6. The van der Waals surface area contributed by atoms with E-state index in [4.69, 9.17) is 0 Å². The zero-order valence-corrected chi connectivity index (χ0v) is 15.6. The van der Waals surface area contributed by atoms with E-state index in [0.717, 1.165) is 6.42 Å². The molecule has 1 atom stereocenters. The zero-order valence-electron chi connectivity index (χ0n) is 13.2. The van der Waals surface area contributed by atoms with Gasteiger partial charge in [-0.2, -0.15) is 0 Å². The first kappa shape index (κ1) is 16.6.